The van der Waals surface area contributed by atoms with Gasteiger partial charge in [-0.2, -0.15) is 10.5 Å². The zero-order valence-corrected chi connectivity index (χ0v) is 15.8. The van der Waals surface area contributed by atoms with Crippen molar-refractivity contribution in [1.82, 2.24) is 19.5 Å². The van der Waals surface area contributed by atoms with Crippen LogP contribution in [0.1, 0.15) is 29.9 Å². The number of nitrogen functional groups attached to an aromatic ring is 1. The maximum Gasteiger partial charge on any atom is 0.150 e. The van der Waals surface area contributed by atoms with Gasteiger partial charge in [-0.3, -0.25) is 4.57 Å². The smallest absolute Gasteiger partial charge is 0.150 e. The van der Waals surface area contributed by atoms with Crippen LogP contribution in [0.4, 0.5) is 16.0 Å². The molecular formula is C21H15FN8. The summed E-state index contributed by atoms with van der Waals surface area (Å²) in [6.07, 6.45) is 1.26. The van der Waals surface area contributed by atoms with Gasteiger partial charge in [0.05, 0.1) is 28.7 Å². The second-order valence-electron chi connectivity index (χ2n) is 6.56. The van der Waals surface area contributed by atoms with Crippen LogP contribution in [0.25, 0.3) is 16.7 Å². The summed E-state index contributed by atoms with van der Waals surface area (Å²) in [6, 6.07) is 14.9. The summed E-state index contributed by atoms with van der Waals surface area (Å²) < 4.78 is 15.8. The van der Waals surface area contributed by atoms with E-state index in [-0.39, 0.29) is 17.2 Å². The molecule has 30 heavy (non-hydrogen) atoms. The van der Waals surface area contributed by atoms with Crippen molar-refractivity contribution >= 4 is 22.7 Å². The molecule has 0 radical (unpaired) electrons. The molecule has 146 valence electrons. The van der Waals surface area contributed by atoms with Crippen LogP contribution in [0.3, 0.4) is 0 Å². The number of benzene rings is 2. The lowest BCUT2D eigenvalue weighted by molar-refractivity contribution is 0.629. The van der Waals surface area contributed by atoms with Crippen LogP contribution in [0.2, 0.25) is 0 Å². The van der Waals surface area contributed by atoms with Crippen molar-refractivity contribution < 1.29 is 4.39 Å². The summed E-state index contributed by atoms with van der Waals surface area (Å²) in [6.45, 7) is 1.83. The average molecular weight is 398 g/mol. The number of hydrogen-bond acceptors (Lipinski definition) is 7. The number of nitrogens with one attached hydrogen (secondary N) is 1. The molecule has 0 fully saturated rings. The number of fused-ring (bicyclic) bond motifs is 1. The Labute approximate surface area is 171 Å². The number of rotatable bonds is 4. The fraction of sp³-hybridized carbons (Fsp3) is 0.0952. The number of halogens is 1. The van der Waals surface area contributed by atoms with E-state index in [1.807, 2.05) is 19.1 Å². The highest BCUT2D eigenvalue weighted by Crippen LogP contribution is 2.29. The SMILES string of the molecule is CC(Nc1ncnc(N)c1C#N)c1nc2ccc(F)cc2n1-c1cccc(C#N)c1. The van der Waals surface area contributed by atoms with Crippen LogP contribution in [0.5, 0.6) is 0 Å². The summed E-state index contributed by atoms with van der Waals surface area (Å²) >= 11 is 0. The number of anilines is 2. The highest BCUT2D eigenvalue weighted by Gasteiger charge is 2.21. The number of nitriles is 2. The molecule has 0 saturated heterocycles. The molecule has 0 saturated carbocycles. The number of hydrogen-bond donors (Lipinski definition) is 2. The molecule has 9 heteroatoms. The molecule has 1 atom stereocenters. The van der Waals surface area contributed by atoms with Crippen LogP contribution in [-0.2, 0) is 0 Å². The Morgan fingerprint density at radius 3 is 2.73 bits per heavy atom. The molecule has 2 aromatic carbocycles. The van der Waals surface area contributed by atoms with E-state index >= 15 is 0 Å². The molecule has 4 rings (SSSR count). The molecule has 0 aliphatic heterocycles. The predicted octanol–water partition coefficient (Wildman–Crippen LogP) is 3.45. The predicted molar refractivity (Wildman–Crippen MR) is 109 cm³/mol. The summed E-state index contributed by atoms with van der Waals surface area (Å²) in [7, 11) is 0. The van der Waals surface area contributed by atoms with Gasteiger partial charge in [-0.1, -0.05) is 6.07 Å². The van der Waals surface area contributed by atoms with Crippen molar-refractivity contribution in [2.75, 3.05) is 11.1 Å². The third kappa shape index (κ3) is 3.25. The second kappa shape index (κ2) is 7.49. The van der Waals surface area contributed by atoms with E-state index < -0.39 is 11.9 Å². The molecular weight excluding hydrogens is 383 g/mol. The Hall–Kier alpha value is -4.50. The van der Waals surface area contributed by atoms with Gasteiger partial charge in [-0.25, -0.2) is 19.3 Å². The third-order valence-electron chi connectivity index (χ3n) is 4.60. The first-order valence-electron chi connectivity index (χ1n) is 8.97. The third-order valence-corrected chi connectivity index (χ3v) is 4.60. The largest absolute Gasteiger partial charge is 0.382 e. The van der Waals surface area contributed by atoms with Crippen molar-refractivity contribution in [3.05, 3.63) is 71.6 Å². The molecule has 1 unspecified atom stereocenters. The Bertz CT molecular complexity index is 1350. The highest BCUT2D eigenvalue weighted by molar-refractivity contribution is 5.79. The molecule has 0 amide bonds. The Morgan fingerprint density at radius 2 is 1.97 bits per heavy atom. The minimum Gasteiger partial charge on any atom is -0.382 e. The van der Waals surface area contributed by atoms with Crippen LogP contribution in [0, 0.1) is 28.5 Å². The van der Waals surface area contributed by atoms with Gasteiger partial charge in [0.15, 0.2) is 0 Å². The molecule has 0 aliphatic carbocycles. The van der Waals surface area contributed by atoms with Crippen molar-refractivity contribution in [2.24, 2.45) is 0 Å². The van der Waals surface area contributed by atoms with E-state index in [0.717, 1.165) is 0 Å². The number of nitrogens with zero attached hydrogens (tertiary/aromatic N) is 6. The first-order chi connectivity index (χ1) is 14.5. The fourth-order valence-corrected chi connectivity index (χ4v) is 3.23. The Morgan fingerprint density at radius 1 is 1.13 bits per heavy atom. The summed E-state index contributed by atoms with van der Waals surface area (Å²) in [5.74, 6) is 0.488. The van der Waals surface area contributed by atoms with E-state index in [1.54, 1.807) is 28.8 Å². The summed E-state index contributed by atoms with van der Waals surface area (Å²) in [5.41, 5.74) is 8.17. The molecule has 3 N–H and O–H groups in total. The van der Waals surface area contributed by atoms with Gasteiger partial charge in [0.25, 0.3) is 0 Å². The lowest BCUT2D eigenvalue weighted by Gasteiger charge is -2.18. The topological polar surface area (TPSA) is 129 Å². The van der Waals surface area contributed by atoms with Gasteiger partial charge >= 0.3 is 0 Å². The van der Waals surface area contributed by atoms with Gasteiger partial charge in [-0.15, -0.1) is 0 Å². The van der Waals surface area contributed by atoms with E-state index in [4.69, 9.17) is 5.73 Å². The molecule has 0 spiro atoms. The number of nitrogens with two attached hydrogens (primary N) is 1. The standard InChI is InChI=1S/C21H15FN8/c1-12(28-20-16(10-24)19(25)26-11-27-20)21-29-17-6-5-14(22)8-18(17)30(21)15-4-2-3-13(7-15)9-23/h2-8,11-12H,1H3,(H3,25,26,27,28). The van der Waals surface area contributed by atoms with E-state index in [0.29, 0.717) is 28.1 Å². The van der Waals surface area contributed by atoms with Gasteiger partial charge < -0.3 is 11.1 Å². The van der Waals surface area contributed by atoms with Crippen LogP contribution < -0.4 is 11.1 Å². The normalized spacial score (nSPS) is 11.6. The fourth-order valence-electron chi connectivity index (χ4n) is 3.23. The van der Waals surface area contributed by atoms with Gasteiger partial charge in [0, 0.05) is 11.8 Å². The maximum atomic E-state index is 14.0. The molecule has 0 aliphatic rings. The van der Waals surface area contributed by atoms with E-state index in [1.165, 1.54) is 18.5 Å². The zero-order chi connectivity index (χ0) is 21.3. The van der Waals surface area contributed by atoms with Crippen molar-refractivity contribution in [3.8, 4) is 17.8 Å². The highest BCUT2D eigenvalue weighted by atomic mass is 19.1. The molecule has 2 heterocycles. The van der Waals surface area contributed by atoms with Gasteiger partial charge in [0.2, 0.25) is 0 Å². The molecule has 8 nitrogen and oxygen atoms in total. The van der Waals surface area contributed by atoms with Crippen molar-refractivity contribution in [2.45, 2.75) is 13.0 Å². The Balaban J connectivity index is 1.88. The van der Waals surface area contributed by atoms with Crippen molar-refractivity contribution in [3.63, 3.8) is 0 Å². The van der Waals surface area contributed by atoms with E-state index in [9.17, 15) is 14.9 Å². The van der Waals surface area contributed by atoms with Gasteiger partial charge in [0.1, 0.15) is 41.2 Å². The lowest BCUT2D eigenvalue weighted by Crippen LogP contribution is -2.15. The minimum atomic E-state index is -0.437. The molecule has 2 aromatic heterocycles. The average Bonchev–Trinajstić information content (AvgIpc) is 3.12. The van der Waals surface area contributed by atoms with Gasteiger partial charge in [-0.05, 0) is 37.3 Å². The molecule has 0 bridgehead atoms. The quantitative estimate of drug-likeness (QED) is 0.538. The monoisotopic (exact) mass is 398 g/mol. The minimum absolute atomic E-state index is 0.0690. The first kappa shape index (κ1) is 18.8. The van der Waals surface area contributed by atoms with Crippen molar-refractivity contribution in [1.29, 1.82) is 10.5 Å². The first-order valence-corrected chi connectivity index (χ1v) is 8.97. The summed E-state index contributed by atoms with van der Waals surface area (Å²) in [4.78, 5) is 12.6. The van der Waals surface area contributed by atoms with E-state index in [2.05, 4.69) is 26.3 Å². The van der Waals surface area contributed by atoms with Crippen LogP contribution in [0.15, 0.2) is 48.8 Å². The molecule has 4 aromatic rings. The van der Waals surface area contributed by atoms with Crippen LogP contribution >= 0.6 is 0 Å². The maximum absolute atomic E-state index is 14.0. The number of aromatic nitrogens is 4. The Kier molecular flexibility index (Phi) is 4.71. The lowest BCUT2D eigenvalue weighted by atomic mass is 10.2. The number of imidazole rings is 1. The zero-order valence-electron chi connectivity index (χ0n) is 15.8. The van der Waals surface area contributed by atoms with Crippen LogP contribution in [-0.4, -0.2) is 19.5 Å². The summed E-state index contributed by atoms with van der Waals surface area (Å²) in [5, 5.41) is 21.8. The second-order valence-corrected chi connectivity index (χ2v) is 6.56.